The zero-order chi connectivity index (χ0) is 22.2. The first-order valence-corrected chi connectivity index (χ1v) is 9.74. The van der Waals surface area contributed by atoms with Crippen molar-refractivity contribution in [3.05, 3.63) is 63.8 Å². The number of hydrogen-bond donors (Lipinski definition) is 1. The molecule has 0 saturated heterocycles. The molecule has 0 amide bonds. The average molecular weight is 436 g/mol. The van der Waals surface area contributed by atoms with Gasteiger partial charge in [0, 0.05) is 27.7 Å². The van der Waals surface area contributed by atoms with Gasteiger partial charge in [0.25, 0.3) is 5.91 Å². The van der Waals surface area contributed by atoms with Crippen LogP contribution in [0, 0.1) is 18.6 Å². The summed E-state index contributed by atoms with van der Waals surface area (Å²) in [5.74, 6) is -4.79. The molecule has 5 nitrogen and oxygen atoms in total. The van der Waals surface area contributed by atoms with Crippen LogP contribution in [0.1, 0.15) is 41.9 Å². The second kappa shape index (κ2) is 8.44. The molecule has 1 N–H and O–H groups in total. The number of ether oxygens (including phenoxy) is 1. The maximum Gasteiger partial charge on any atom is 0.310 e. The minimum Gasteiger partial charge on any atom is -0.503 e. The third-order valence-electron chi connectivity index (χ3n) is 5.01. The van der Waals surface area contributed by atoms with E-state index in [1.165, 1.54) is 31.2 Å². The number of nitrogens with zero attached hydrogens (tertiary/aromatic N) is 1. The first kappa shape index (κ1) is 21.8. The Bertz CT molecular complexity index is 1140. The highest BCUT2D eigenvalue weighted by Crippen LogP contribution is 2.35. The van der Waals surface area contributed by atoms with Gasteiger partial charge in [0.05, 0.1) is 18.0 Å². The number of aromatic hydroxyl groups is 1. The first-order chi connectivity index (χ1) is 14.1. The molecule has 30 heavy (non-hydrogen) atoms. The lowest BCUT2D eigenvalue weighted by atomic mass is 10.1. The van der Waals surface area contributed by atoms with E-state index in [4.69, 9.17) is 16.3 Å². The number of phenols is 1. The van der Waals surface area contributed by atoms with E-state index in [2.05, 4.69) is 0 Å². The molecule has 3 aromatic rings. The molecule has 2 aromatic carbocycles. The van der Waals surface area contributed by atoms with E-state index in [1.54, 1.807) is 6.92 Å². The van der Waals surface area contributed by atoms with Crippen LogP contribution in [0.5, 0.6) is 5.75 Å². The van der Waals surface area contributed by atoms with Gasteiger partial charge in [-0.25, -0.2) is 8.78 Å². The van der Waals surface area contributed by atoms with Crippen molar-refractivity contribution in [2.24, 2.45) is 0 Å². The Labute approximate surface area is 176 Å². The molecule has 1 atom stereocenters. The predicted molar refractivity (Wildman–Crippen MR) is 109 cm³/mol. The van der Waals surface area contributed by atoms with Crippen LogP contribution in [0.25, 0.3) is 10.9 Å². The van der Waals surface area contributed by atoms with Gasteiger partial charge >= 0.3 is 5.97 Å². The van der Waals surface area contributed by atoms with Gasteiger partial charge in [-0.2, -0.15) is 0 Å². The number of hydrogen-bond acceptors (Lipinski definition) is 4. The molecule has 0 radical (unpaired) electrons. The monoisotopic (exact) mass is 435 g/mol. The average Bonchev–Trinajstić information content (AvgIpc) is 2.97. The van der Waals surface area contributed by atoms with Gasteiger partial charge in [0.1, 0.15) is 0 Å². The van der Waals surface area contributed by atoms with E-state index in [9.17, 15) is 23.5 Å². The van der Waals surface area contributed by atoms with Crippen molar-refractivity contribution in [1.82, 2.24) is 4.57 Å². The van der Waals surface area contributed by atoms with Crippen LogP contribution in [-0.2, 0) is 16.0 Å². The fourth-order valence-electron chi connectivity index (χ4n) is 3.25. The number of carbonyl (C=O) groups is 2. The minimum atomic E-state index is -1.23. The summed E-state index contributed by atoms with van der Waals surface area (Å²) in [4.78, 5) is 25.5. The Kier molecular flexibility index (Phi) is 6.12. The van der Waals surface area contributed by atoms with Crippen molar-refractivity contribution in [2.75, 3.05) is 0 Å². The highest BCUT2D eigenvalue weighted by Gasteiger charge is 2.27. The second-order valence-corrected chi connectivity index (χ2v) is 7.45. The summed E-state index contributed by atoms with van der Waals surface area (Å²) >= 11 is 5.87. The number of halogens is 3. The number of carbonyl (C=O) groups excluding carboxylic acids is 2. The van der Waals surface area contributed by atoms with Crippen molar-refractivity contribution in [3.63, 3.8) is 0 Å². The maximum atomic E-state index is 14.8. The highest BCUT2D eigenvalue weighted by molar-refractivity contribution is 6.30. The third-order valence-corrected chi connectivity index (χ3v) is 5.26. The Hall–Kier alpha value is -2.93. The quantitative estimate of drug-likeness (QED) is 0.562. The summed E-state index contributed by atoms with van der Waals surface area (Å²) in [5.41, 5.74) is 0.539. The lowest BCUT2D eigenvalue weighted by Crippen LogP contribution is -2.17. The molecule has 0 spiro atoms. The minimum absolute atomic E-state index is 0.0911. The molecule has 8 heteroatoms. The van der Waals surface area contributed by atoms with E-state index in [1.807, 2.05) is 6.92 Å². The SMILES string of the molecule is CCC(C)OC(=O)Cc1c(C)n(C(=O)c2ccc(Cl)cc2)c2cc(F)c(O)c(F)c12. The smallest absolute Gasteiger partial charge is 0.310 e. The van der Waals surface area contributed by atoms with E-state index < -0.39 is 29.3 Å². The Morgan fingerprint density at radius 2 is 1.87 bits per heavy atom. The number of fused-ring (bicyclic) bond motifs is 1. The number of esters is 1. The molecule has 0 bridgehead atoms. The van der Waals surface area contributed by atoms with Crippen molar-refractivity contribution in [1.29, 1.82) is 0 Å². The van der Waals surface area contributed by atoms with Gasteiger partial charge in [0.15, 0.2) is 17.4 Å². The molecule has 1 aromatic heterocycles. The van der Waals surface area contributed by atoms with Crippen LogP contribution in [0.4, 0.5) is 8.78 Å². The molecular formula is C22H20ClF2NO4. The summed E-state index contributed by atoms with van der Waals surface area (Å²) in [6.07, 6.45) is -0.0742. The maximum absolute atomic E-state index is 14.8. The molecule has 1 unspecified atom stereocenters. The Balaban J connectivity index is 2.20. The second-order valence-electron chi connectivity index (χ2n) is 7.01. The van der Waals surface area contributed by atoms with Crippen molar-refractivity contribution < 1.29 is 28.2 Å². The van der Waals surface area contributed by atoms with E-state index in [0.717, 1.165) is 10.6 Å². The summed E-state index contributed by atoms with van der Waals surface area (Å²) in [7, 11) is 0. The molecule has 3 rings (SSSR count). The standard InChI is InChI=1S/C22H20ClF2NO4/c1-4-11(2)30-18(27)9-15-12(3)26(22(29)13-5-7-14(23)8-6-13)17-10-16(24)21(28)20(25)19(15)17/h5-8,10-11,28H,4,9H2,1-3H3. The van der Waals surface area contributed by atoms with Crippen LogP contribution in [0.2, 0.25) is 5.02 Å². The molecule has 0 aliphatic carbocycles. The van der Waals surface area contributed by atoms with Crippen molar-refractivity contribution in [2.45, 2.75) is 39.7 Å². The molecule has 0 fully saturated rings. The van der Waals surface area contributed by atoms with Crippen molar-refractivity contribution >= 4 is 34.4 Å². The van der Waals surface area contributed by atoms with Crippen molar-refractivity contribution in [3.8, 4) is 5.75 Å². The van der Waals surface area contributed by atoms with Crippen LogP contribution in [0.15, 0.2) is 30.3 Å². The number of aromatic nitrogens is 1. The summed E-state index contributed by atoms with van der Waals surface area (Å²) in [6.45, 7) is 5.09. The fraction of sp³-hybridized carbons (Fsp3) is 0.273. The Morgan fingerprint density at radius 1 is 1.23 bits per heavy atom. The molecule has 0 aliphatic heterocycles. The number of rotatable bonds is 5. The molecule has 0 aliphatic rings. The molecule has 1 heterocycles. The van der Waals surface area contributed by atoms with E-state index >= 15 is 0 Å². The third kappa shape index (κ3) is 3.89. The Morgan fingerprint density at radius 3 is 2.47 bits per heavy atom. The van der Waals surface area contributed by atoms with Gasteiger partial charge in [-0.3, -0.25) is 14.2 Å². The predicted octanol–water partition coefficient (Wildman–Crippen LogP) is 5.16. The lowest BCUT2D eigenvalue weighted by Gasteiger charge is -2.11. The van der Waals surface area contributed by atoms with Gasteiger partial charge in [-0.05, 0) is 50.1 Å². The summed E-state index contributed by atoms with van der Waals surface area (Å²) < 4.78 is 35.3. The lowest BCUT2D eigenvalue weighted by molar-refractivity contribution is -0.147. The van der Waals surface area contributed by atoms with Gasteiger partial charge in [-0.1, -0.05) is 18.5 Å². The van der Waals surface area contributed by atoms with Crippen LogP contribution >= 0.6 is 11.6 Å². The highest BCUT2D eigenvalue weighted by atomic mass is 35.5. The number of benzene rings is 2. The normalized spacial score (nSPS) is 12.2. The topological polar surface area (TPSA) is 68.5 Å². The fourth-order valence-corrected chi connectivity index (χ4v) is 3.38. The molecule has 0 saturated carbocycles. The van der Waals surface area contributed by atoms with Crippen LogP contribution < -0.4 is 0 Å². The first-order valence-electron chi connectivity index (χ1n) is 9.36. The van der Waals surface area contributed by atoms with E-state index in [-0.39, 0.29) is 40.2 Å². The summed E-state index contributed by atoms with van der Waals surface area (Å²) in [5, 5.41) is 9.99. The van der Waals surface area contributed by atoms with Crippen LogP contribution in [-0.4, -0.2) is 27.7 Å². The zero-order valence-electron chi connectivity index (χ0n) is 16.6. The largest absolute Gasteiger partial charge is 0.503 e. The van der Waals surface area contributed by atoms with Gasteiger partial charge < -0.3 is 9.84 Å². The van der Waals surface area contributed by atoms with E-state index in [0.29, 0.717) is 11.4 Å². The molecule has 158 valence electrons. The zero-order valence-corrected chi connectivity index (χ0v) is 17.4. The molecular weight excluding hydrogens is 416 g/mol. The number of phenolic OH excluding ortho intramolecular Hbond substituents is 1. The van der Waals surface area contributed by atoms with Gasteiger partial charge in [0.2, 0.25) is 0 Å². The van der Waals surface area contributed by atoms with Gasteiger partial charge in [-0.15, -0.1) is 0 Å². The van der Waals surface area contributed by atoms with Crippen LogP contribution in [0.3, 0.4) is 0 Å². The summed E-state index contributed by atoms with van der Waals surface area (Å²) in [6, 6.07) is 6.89.